The Morgan fingerprint density at radius 2 is 2.25 bits per heavy atom. The Kier molecular flexibility index (Phi) is 3.99. The number of aromatic amines is 1. The Morgan fingerprint density at radius 1 is 1.38 bits per heavy atom. The summed E-state index contributed by atoms with van der Waals surface area (Å²) in [6, 6.07) is 3.64. The number of thiophene rings is 1. The van der Waals surface area contributed by atoms with Gasteiger partial charge in [-0.2, -0.15) is 0 Å². The lowest BCUT2D eigenvalue weighted by Crippen LogP contribution is -2.12. The fourth-order valence-corrected chi connectivity index (χ4v) is 5.26. The molecule has 0 saturated carbocycles. The molecular weight excluding hydrogens is 364 g/mol. The lowest BCUT2D eigenvalue weighted by Gasteiger charge is -2.08. The molecule has 0 aliphatic heterocycles. The molecule has 4 heterocycles. The van der Waals surface area contributed by atoms with Gasteiger partial charge in [-0.3, -0.25) is 4.79 Å². The summed E-state index contributed by atoms with van der Waals surface area (Å²) in [4.78, 5) is 20.8. The molecule has 0 radical (unpaired) electrons. The van der Waals surface area contributed by atoms with Crippen LogP contribution in [0.15, 0.2) is 37.3 Å². The van der Waals surface area contributed by atoms with E-state index in [4.69, 9.17) is 4.42 Å². The van der Waals surface area contributed by atoms with E-state index in [9.17, 15) is 4.79 Å². The average Bonchev–Trinajstić information content (AvgIpc) is 3.27. The maximum Gasteiger partial charge on any atom is 0.260 e. The molecule has 0 aliphatic rings. The highest BCUT2D eigenvalue weighted by atomic mass is 32.2. The molecule has 24 heavy (non-hydrogen) atoms. The highest BCUT2D eigenvalue weighted by Crippen LogP contribution is 2.36. The molecule has 0 spiro atoms. The first kappa shape index (κ1) is 15.6. The molecule has 0 aromatic carbocycles. The fourth-order valence-electron chi connectivity index (χ4n) is 2.30. The number of nitrogens with one attached hydrogen (secondary N) is 1. The number of fused-ring (bicyclic) bond motifs is 1. The summed E-state index contributed by atoms with van der Waals surface area (Å²) >= 11 is 4.51. The zero-order chi connectivity index (χ0) is 16.7. The largest absolute Gasteiger partial charge is 0.464 e. The van der Waals surface area contributed by atoms with Crippen molar-refractivity contribution in [2.75, 3.05) is 0 Å². The lowest BCUT2D eigenvalue weighted by molar-refractivity contribution is 0.583. The minimum atomic E-state index is -0.149. The molecule has 0 amide bonds. The second-order valence-electron chi connectivity index (χ2n) is 5.11. The van der Waals surface area contributed by atoms with E-state index in [1.807, 2.05) is 25.3 Å². The number of hydrogen-bond donors (Lipinski definition) is 1. The van der Waals surface area contributed by atoms with Crippen LogP contribution in [0.25, 0.3) is 21.5 Å². The van der Waals surface area contributed by atoms with E-state index in [2.05, 4.69) is 20.2 Å². The van der Waals surface area contributed by atoms with Crippen molar-refractivity contribution in [1.82, 2.24) is 20.2 Å². The van der Waals surface area contributed by atoms with Crippen molar-refractivity contribution < 1.29 is 4.42 Å². The number of aromatic nitrogens is 4. The van der Waals surface area contributed by atoms with E-state index in [1.54, 1.807) is 12.3 Å². The lowest BCUT2D eigenvalue weighted by atomic mass is 10.2. The van der Waals surface area contributed by atoms with Crippen LogP contribution in [0.4, 0.5) is 0 Å². The van der Waals surface area contributed by atoms with Crippen molar-refractivity contribution in [3.8, 4) is 11.3 Å². The molecule has 4 aromatic heterocycles. The minimum absolute atomic E-state index is 0.0244. The fraction of sp³-hybridized carbons (Fsp3) is 0.200. The van der Waals surface area contributed by atoms with Gasteiger partial charge in [0.05, 0.1) is 16.9 Å². The third kappa shape index (κ3) is 2.79. The van der Waals surface area contributed by atoms with Crippen molar-refractivity contribution in [2.24, 2.45) is 0 Å². The third-order valence-electron chi connectivity index (χ3n) is 3.42. The number of rotatable bonds is 4. The topological polar surface area (TPSA) is 84.7 Å². The Bertz CT molecular complexity index is 1050. The van der Waals surface area contributed by atoms with Crippen molar-refractivity contribution in [1.29, 1.82) is 0 Å². The van der Waals surface area contributed by atoms with Gasteiger partial charge in [0, 0.05) is 10.9 Å². The SMILES string of the molecule is Cc1nnc(SC(C)c2nc3scc(-c4ccco4)c3c(=O)[nH]2)s1. The van der Waals surface area contributed by atoms with Gasteiger partial charge in [0.25, 0.3) is 5.56 Å². The molecule has 4 aromatic rings. The minimum Gasteiger partial charge on any atom is -0.464 e. The summed E-state index contributed by atoms with van der Waals surface area (Å²) in [6.45, 7) is 3.91. The van der Waals surface area contributed by atoms with Gasteiger partial charge in [0.2, 0.25) is 0 Å². The van der Waals surface area contributed by atoms with Gasteiger partial charge < -0.3 is 9.40 Å². The molecule has 9 heteroatoms. The Labute approximate surface area is 149 Å². The average molecular weight is 376 g/mol. The molecule has 0 aliphatic carbocycles. The van der Waals surface area contributed by atoms with Gasteiger partial charge in [-0.25, -0.2) is 4.98 Å². The molecule has 0 bridgehead atoms. The predicted molar refractivity (Wildman–Crippen MR) is 96.9 cm³/mol. The van der Waals surface area contributed by atoms with E-state index in [1.165, 1.54) is 34.4 Å². The normalized spacial score (nSPS) is 12.8. The summed E-state index contributed by atoms with van der Waals surface area (Å²) in [7, 11) is 0. The van der Waals surface area contributed by atoms with Crippen LogP contribution >= 0.6 is 34.4 Å². The Hall–Kier alpha value is -1.97. The van der Waals surface area contributed by atoms with Crippen LogP contribution in [0.3, 0.4) is 0 Å². The van der Waals surface area contributed by atoms with Crippen molar-refractivity contribution in [3.05, 3.63) is 45.0 Å². The van der Waals surface area contributed by atoms with E-state index in [0.29, 0.717) is 21.8 Å². The molecule has 1 unspecified atom stereocenters. The highest BCUT2D eigenvalue weighted by Gasteiger charge is 2.18. The number of furan rings is 1. The van der Waals surface area contributed by atoms with Gasteiger partial charge in [0.1, 0.15) is 21.4 Å². The molecule has 4 rings (SSSR count). The summed E-state index contributed by atoms with van der Waals surface area (Å²) in [5.74, 6) is 1.31. The Balaban J connectivity index is 1.72. The zero-order valence-electron chi connectivity index (χ0n) is 12.8. The van der Waals surface area contributed by atoms with Crippen LogP contribution in [0, 0.1) is 6.92 Å². The number of hydrogen-bond acceptors (Lipinski definition) is 8. The predicted octanol–water partition coefficient (Wildman–Crippen LogP) is 4.26. The van der Waals surface area contributed by atoms with E-state index >= 15 is 0 Å². The molecular formula is C15H12N4O2S3. The van der Waals surface area contributed by atoms with Crippen LogP contribution in [-0.4, -0.2) is 20.2 Å². The third-order valence-corrected chi connectivity index (χ3v) is 6.32. The van der Waals surface area contributed by atoms with Crippen LogP contribution in [0.5, 0.6) is 0 Å². The van der Waals surface area contributed by atoms with Gasteiger partial charge in [-0.05, 0) is 26.0 Å². The zero-order valence-corrected chi connectivity index (χ0v) is 15.2. The number of nitrogens with zero attached hydrogens (tertiary/aromatic N) is 3. The summed E-state index contributed by atoms with van der Waals surface area (Å²) in [5, 5.41) is 11.5. The maximum atomic E-state index is 12.6. The van der Waals surface area contributed by atoms with Crippen LogP contribution in [0.2, 0.25) is 0 Å². The van der Waals surface area contributed by atoms with Gasteiger partial charge in [0.15, 0.2) is 4.34 Å². The van der Waals surface area contributed by atoms with E-state index < -0.39 is 0 Å². The molecule has 1 atom stereocenters. The molecule has 122 valence electrons. The van der Waals surface area contributed by atoms with Crippen molar-refractivity contribution in [2.45, 2.75) is 23.4 Å². The standard InChI is InChI=1S/C15H12N4O2S3/c1-7(23-15-19-18-8(2)24-15)12-16-13(20)11-9(6-22-14(11)17-12)10-4-3-5-21-10/h3-7H,1-2H3,(H,16,17,20). The van der Waals surface area contributed by atoms with Gasteiger partial charge in [-0.15, -0.1) is 21.5 Å². The second-order valence-corrected chi connectivity index (χ2v) is 8.73. The van der Waals surface area contributed by atoms with Crippen molar-refractivity contribution >= 4 is 44.7 Å². The number of thioether (sulfide) groups is 1. The van der Waals surface area contributed by atoms with Crippen LogP contribution in [-0.2, 0) is 0 Å². The van der Waals surface area contributed by atoms with Crippen LogP contribution in [0.1, 0.15) is 23.0 Å². The molecule has 6 nitrogen and oxygen atoms in total. The molecule has 0 fully saturated rings. The smallest absolute Gasteiger partial charge is 0.260 e. The van der Waals surface area contributed by atoms with Crippen LogP contribution < -0.4 is 5.56 Å². The highest BCUT2D eigenvalue weighted by molar-refractivity contribution is 8.01. The summed E-state index contributed by atoms with van der Waals surface area (Å²) < 4.78 is 6.27. The first-order valence-corrected chi connectivity index (χ1v) is 9.71. The first-order chi connectivity index (χ1) is 11.6. The Morgan fingerprint density at radius 3 is 2.96 bits per heavy atom. The first-order valence-electron chi connectivity index (χ1n) is 7.14. The summed E-state index contributed by atoms with van der Waals surface area (Å²) in [6.07, 6.45) is 1.59. The quantitative estimate of drug-likeness (QED) is 0.536. The molecule has 0 saturated heterocycles. The summed E-state index contributed by atoms with van der Waals surface area (Å²) in [5.41, 5.74) is 0.629. The maximum absolute atomic E-state index is 12.6. The molecule has 1 N–H and O–H groups in total. The second kappa shape index (κ2) is 6.15. The monoisotopic (exact) mass is 376 g/mol. The van der Waals surface area contributed by atoms with E-state index in [-0.39, 0.29) is 10.8 Å². The van der Waals surface area contributed by atoms with Gasteiger partial charge >= 0.3 is 0 Å². The number of aryl methyl sites for hydroxylation is 1. The van der Waals surface area contributed by atoms with Gasteiger partial charge in [-0.1, -0.05) is 23.1 Å². The number of H-pyrrole nitrogens is 1. The van der Waals surface area contributed by atoms with Crippen molar-refractivity contribution in [3.63, 3.8) is 0 Å². The van der Waals surface area contributed by atoms with E-state index in [0.717, 1.165) is 14.9 Å².